The van der Waals surface area contributed by atoms with Gasteiger partial charge in [0.1, 0.15) is 0 Å². The molecule has 5 heteroatoms. The van der Waals surface area contributed by atoms with Crippen molar-refractivity contribution in [1.82, 2.24) is 10.2 Å². The van der Waals surface area contributed by atoms with E-state index in [4.69, 9.17) is 4.74 Å². The fourth-order valence-corrected chi connectivity index (χ4v) is 3.93. The topological polar surface area (TPSA) is 36.9 Å². The number of benzene rings is 1. The van der Waals surface area contributed by atoms with Crippen LogP contribution in [0.1, 0.15) is 24.0 Å². The number of nitrogens with one attached hydrogen (secondary N) is 1. The van der Waals surface area contributed by atoms with E-state index in [-0.39, 0.29) is 0 Å². The van der Waals surface area contributed by atoms with Crippen LogP contribution in [0.4, 0.5) is 0 Å². The zero-order valence-electron chi connectivity index (χ0n) is 13.4. The molecule has 2 saturated heterocycles. The van der Waals surface area contributed by atoms with Crippen molar-refractivity contribution in [3.63, 3.8) is 0 Å². The van der Waals surface area contributed by atoms with Gasteiger partial charge in [0.15, 0.2) is 5.96 Å². The van der Waals surface area contributed by atoms with Crippen molar-refractivity contribution >= 4 is 21.9 Å². The van der Waals surface area contributed by atoms with Crippen molar-refractivity contribution in [2.75, 3.05) is 33.4 Å². The number of halogens is 1. The molecular formula is C17H24BrN3O. The third-order valence-electron chi connectivity index (χ3n) is 4.88. The van der Waals surface area contributed by atoms with E-state index in [1.807, 2.05) is 7.05 Å². The van der Waals surface area contributed by atoms with Crippen molar-refractivity contribution in [3.8, 4) is 0 Å². The van der Waals surface area contributed by atoms with Gasteiger partial charge in [0, 0.05) is 43.2 Å². The highest BCUT2D eigenvalue weighted by atomic mass is 79.9. The number of rotatable bonds is 2. The van der Waals surface area contributed by atoms with E-state index < -0.39 is 0 Å². The van der Waals surface area contributed by atoms with Crippen LogP contribution in [0.2, 0.25) is 0 Å². The summed E-state index contributed by atoms with van der Waals surface area (Å²) in [7, 11) is 1.87. The van der Waals surface area contributed by atoms with Gasteiger partial charge in [0.25, 0.3) is 0 Å². The molecule has 1 unspecified atom stereocenters. The monoisotopic (exact) mass is 365 g/mol. The Morgan fingerprint density at radius 3 is 3.00 bits per heavy atom. The largest absolute Gasteiger partial charge is 0.381 e. The van der Waals surface area contributed by atoms with Gasteiger partial charge in [0.2, 0.25) is 0 Å². The quantitative estimate of drug-likeness (QED) is 0.646. The molecule has 2 fully saturated rings. The molecule has 4 nitrogen and oxygen atoms in total. The van der Waals surface area contributed by atoms with E-state index in [2.05, 4.69) is 56.3 Å². The van der Waals surface area contributed by atoms with Crippen LogP contribution in [0.5, 0.6) is 0 Å². The van der Waals surface area contributed by atoms with E-state index in [0.29, 0.717) is 5.41 Å². The van der Waals surface area contributed by atoms with Gasteiger partial charge in [-0.2, -0.15) is 0 Å². The molecule has 1 aromatic rings. The van der Waals surface area contributed by atoms with Gasteiger partial charge in [-0.1, -0.05) is 22.0 Å². The van der Waals surface area contributed by atoms with E-state index in [1.165, 1.54) is 24.0 Å². The molecule has 22 heavy (non-hydrogen) atoms. The average molecular weight is 366 g/mol. The molecule has 1 atom stereocenters. The molecule has 1 aromatic carbocycles. The van der Waals surface area contributed by atoms with Crippen LogP contribution in [-0.4, -0.2) is 44.2 Å². The van der Waals surface area contributed by atoms with Gasteiger partial charge in [-0.15, -0.1) is 0 Å². The van der Waals surface area contributed by atoms with Crippen molar-refractivity contribution in [2.24, 2.45) is 10.4 Å². The second-order valence-corrected chi connectivity index (χ2v) is 7.36. The first-order valence-electron chi connectivity index (χ1n) is 7.90. The molecule has 0 aromatic heterocycles. The molecule has 1 N–H and O–H groups in total. The third-order valence-corrected chi connectivity index (χ3v) is 5.37. The maximum atomic E-state index is 5.61. The second-order valence-electron chi connectivity index (χ2n) is 6.45. The molecule has 120 valence electrons. The van der Waals surface area contributed by atoms with Crippen molar-refractivity contribution < 1.29 is 4.74 Å². The summed E-state index contributed by atoms with van der Waals surface area (Å²) in [6.07, 6.45) is 2.40. The van der Waals surface area contributed by atoms with Crippen LogP contribution in [0, 0.1) is 12.3 Å². The fraction of sp³-hybridized carbons (Fsp3) is 0.588. The zero-order chi connectivity index (χ0) is 15.6. The Balaban J connectivity index is 1.61. The third kappa shape index (κ3) is 3.30. The number of ether oxygens (including phenoxy) is 1. The van der Waals surface area contributed by atoms with E-state index in [9.17, 15) is 0 Å². The van der Waals surface area contributed by atoms with Crippen LogP contribution in [0.3, 0.4) is 0 Å². The SMILES string of the molecule is CN=C(NCc1ccc(Br)cc1C)N1CCC2(CCOC2)C1. The number of hydrogen-bond acceptors (Lipinski definition) is 2. The maximum absolute atomic E-state index is 5.61. The van der Waals surface area contributed by atoms with E-state index in [1.54, 1.807) is 0 Å². The van der Waals surface area contributed by atoms with Gasteiger partial charge >= 0.3 is 0 Å². The molecule has 2 heterocycles. The minimum absolute atomic E-state index is 0.366. The van der Waals surface area contributed by atoms with E-state index >= 15 is 0 Å². The lowest BCUT2D eigenvalue weighted by Crippen LogP contribution is -2.41. The lowest BCUT2D eigenvalue weighted by molar-refractivity contribution is 0.156. The normalized spacial score (nSPS) is 25.2. The molecule has 3 rings (SSSR count). The Kier molecular flexibility index (Phi) is 4.73. The number of aliphatic imine (C=N–C) groups is 1. The predicted octanol–water partition coefficient (Wildman–Crippen LogP) is 2.95. The van der Waals surface area contributed by atoms with Crippen LogP contribution in [-0.2, 0) is 11.3 Å². The first kappa shape index (κ1) is 15.8. The van der Waals surface area contributed by atoms with Crippen molar-refractivity contribution in [3.05, 3.63) is 33.8 Å². The summed E-state index contributed by atoms with van der Waals surface area (Å²) >= 11 is 3.51. The molecule has 0 amide bonds. The number of likely N-dealkylation sites (tertiary alicyclic amines) is 1. The first-order valence-corrected chi connectivity index (χ1v) is 8.70. The molecule has 0 bridgehead atoms. The summed E-state index contributed by atoms with van der Waals surface area (Å²) < 4.78 is 6.73. The molecule has 1 spiro atoms. The summed E-state index contributed by atoms with van der Waals surface area (Å²) in [5.41, 5.74) is 2.97. The molecular weight excluding hydrogens is 342 g/mol. The molecule has 2 aliphatic heterocycles. The highest BCUT2D eigenvalue weighted by molar-refractivity contribution is 9.10. The minimum atomic E-state index is 0.366. The van der Waals surface area contributed by atoms with Gasteiger partial charge in [0.05, 0.1) is 6.61 Å². The standard InChI is InChI=1S/C17H24BrN3O/c1-13-9-15(18)4-3-14(13)10-20-16(19-2)21-7-5-17(11-21)6-8-22-12-17/h3-4,9H,5-8,10-12H2,1-2H3,(H,19,20). The number of aryl methyl sites for hydroxylation is 1. The predicted molar refractivity (Wildman–Crippen MR) is 93.1 cm³/mol. The summed E-state index contributed by atoms with van der Waals surface area (Å²) in [4.78, 5) is 6.85. The number of nitrogens with zero attached hydrogens (tertiary/aromatic N) is 2. The lowest BCUT2D eigenvalue weighted by Gasteiger charge is -2.25. The van der Waals surface area contributed by atoms with Crippen LogP contribution < -0.4 is 5.32 Å². The molecule has 0 aliphatic carbocycles. The summed E-state index contributed by atoms with van der Waals surface area (Å²) in [6.45, 7) is 6.91. The van der Waals surface area contributed by atoms with E-state index in [0.717, 1.165) is 43.3 Å². The number of hydrogen-bond donors (Lipinski definition) is 1. The Morgan fingerprint density at radius 2 is 2.32 bits per heavy atom. The lowest BCUT2D eigenvalue weighted by atomic mass is 9.87. The first-order chi connectivity index (χ1) is 10.6. The molecule has 0 saturated carbocycles. The van der Waals surface area contributed by atoms with Crippen LogP contribution in [0.15, 0.2) is 27.7 Å². The summed E-state index contributed by atoms with van der Waals surface area (Å²) in [5, 5.41) is 3.51. The fourth-order valence-electron chi connectivity index (χ4n) is 3.45. The smallest absolute Gasteiger partial charge is 0.193 e. The Labute approximate surface area is 141 Å². The molecule has 2 aliphatic rings. The zero-order valence-corrected chi connectivity index (χ0v) is 14.9. The highest BCUT2D eigenvalue weighted by Gasteiger charge is 2.42. The van der Waals surface area contributed by atoms with Crippen LogP contribution >= 0.6 is 15.9 Å². The van der Waals surface area contributed by atoms with Crippen LogP contribution in [0.25, 0.3) is 0 Å². The maximum Gasteiger partial charge on any atom is 0.193 e. The average Bonchev–Trinajstić information content (AvgIpc) is 3.13. The Hall–Kier alpha value is -1.07. The Bertz CT molecular complexity index is 567. The van der Waals surface area contributed by atoms with Gasteiger partial charge < -0.3 is 15.0 Å². The second kappa shape index (κ2) is 6.59. The Morgan fingerprint density at radius 1 is 1.45 bits per heavy atom. The van der Waals surface area contributed by atoms with Gasteiger partial charge in [-0.05, 0) is 43.0 Å². The summed E-state index contributed by atoms with van der Waals surface area (Å²) in [6, 6.07) is 6.41. The minimum Gasteiger partial charge on any atom is -0.381 e. The number of guanidine groups is 1. The van der Waals surface area contributed by atoms with Crippen molar-refractivity contribution in [1.29, 1.82) is 0 Å². The highest BCUT2D eigenvalue weighted by Crippen LogP contribution is 2.38. The summed E-state index contributed by atoms with van der Waals surface area (Å²) in [5.74, 6) is 1.01. The van der Waals surface area contributed by atoms with Gasteiger partial charge in [-0.25, -0.2) is 0 Å². The van der Waals surface area contributed by atoms with Gasteiger partial charge in [-0.3, -0.25) is 4.99 Å². The van der Waals surface area contributed by atoms with Crippen molar-refractivity contribution in [2.45, 2.75) is 26.3 Å². The molecule has 0 radical (unpaired) electrons.